The third kappa shape index (κ3) is 2.01. The van der Waals surface area contributed by atoms with E-state index in [1.165, 1.54) is 7.11 Å². The Labute approximate surface area is 88.4 Å². The second kappa shape index (κ2) is 4.65. The molecule has 0 aliphatic heterocycles. The lowest BCUT2D eigenvalue weighted by Crippen LogP contribution is -2.04. The number of hydrogen-bond acceptors (Lipinski definition) is 3. The van der Waals surface area contributed by atoms with E-state index < -0.39 is 6.43 Å². The van der Waals surface area contributed by atoms with E-state index >= 15 is 0 Å². The number of halogens is 3. The van der Waals surface area contributed by atoms with Crippen LogP contribution in [0.2, 0.25) is 0 Å². The summed E-state index contributed by atoms with van der Waals surface area (Å²) in [6.07, 6.45) is -1.53. The normalized spacial score (nSPS) is 10.7. The van der Waals surface area contributed by atoms with E-state index in [0.29, 0.717) is 10.2 Å². The van der Waals surface area contributed by atoms with Crippen molar-refractivity contribution in [2.45, 2.75) is 13.0 Å². The zero-order valence-electron chi connectivity index (χ0n) is 7.43. The lowest BCUT2D eigenvalue weighted by molar-refractivity contribution is 0.146. The third-order valence-corrected chi connectivity index (χ3v) is 2.52. The molecule has 0 saturated heterocycles. The number of hydrogen-bond donors (Lipinski definition) is 1. The molecular weight excluding hydrogens is 258 g/mol. The summed E-state index contributed by atoms with van der Waals surface area (Å²) < 4.78 is 30.2. The summed E-state index contributed by atoms with van der Waals surface area (Å²) in [5, 5.41) is 0. The van der Waals surface area contributed by atoms with Crippen LogP contribution >= 0.6 is 15.9 Å². The Morgan fingerprint density at radius 1 is 1.64 bits per heavy atom. The Bertz CT molecular complexity index is 333. The molecule has 0 radical (unpaired) electrons. The fourth-order valence-corrected chi connectivity index (χ4v) is 1.68. The van der Waals surface area contributed by atoms with Gasteiger partial charge in [-0.15, -0.1) is 0 Å². The highest BCUT2D eigenvalue weighted by Crippen LogP contribution is 2.36. The molecular formula is C8H9BrF2N2O. The fraction of sp³-hybridized carbons (Fsp3) is 0.375. The van der Waals surface area contributed by atoms with Crippen LogP contribution in [0.15, 0.2) is 10.7 Å². The summed E-state index contributed by atoms with van der Waals surface area (Å²) in [7, 11) is 1.33. The van der Waals surface area contributed by atoms with Crippen LogP contribution in [0.3, 0.4) is 0 Å². The van der Waals surface area contributed by atoms with Gasteiger partial charge >= 0.3 is 0 Å². The first-order chi connectivity index (χ1) is 6.61. The predicted octanol–water partition coefficient (Wildman–Crippen LogP) is 2.25. The minimum atomic E-state index is -2.61. The molecule has 6 heteroatoms. The minimum absolute atomic E-state index is 0.0930. The Morgan fingerprint density at radius 3 is 2.71 bits per heavy atom. The van der Waals surface area contributed by atoms with Crippen molar-refractivity contribution in [1.82, 2.24) is 4.98 Å². The van der Waals surface area contributed by atoms with Crippen LogP contribution < -0.4 is 10.5 Å². The molecule has 3 nitrogen and oxygen atoms in total. The number of nitrogens with zero attached hydrogens (tertiary/aromatic N) is 1. The number of alkyl halides is 2. The first-order valence-corrected chi connectivity index (χ1v) is 4.60. The molecule has 1 heterocycles. The fourth-order valence-electron chi connectivity index (χ4n) is 1.03. The lowest BCUT2D eigenvalue weighted by atomic mass is 10.2. The van der Waals surface area contributed by atoms with Gasteiger partial charge in [-0.25, -0.2) is 8.78 Å². The highest BCUT2D eigenvalue weighted by Gasteiger charge is 2.19. The number of methoxy groups -OCH3 is 1. The van der Waals surface area contributed by atoms with Crippen molar-refractivity contribution in [1.29, 1.82) is 0 Å². The zero-order valence-corrected chi connectivity index (χ0v) is 9.01. The quantitative estimate of drug-likeness (QED) is 0.913. The van der Waals surface area contributed by atoms with Gasteiger partial charge in [0.25, 0.3) is 6.43 Å². The summed E-state index contributed by atoms with van der Waals surface area (Å²) in [6.45, 7) is 0.167. The average Bonchev–Trinajstić information content (AvgIpc) is 2.17. The topological polar surface area (TPSA) is 48.1 Å². The van der Waals surface area contributed by atoms with Gasteiger partial charge in [-0.3, -0.25) is 4.98 Å². The highest BCUT2D eigenvalue weighted by atomic mass is 79.9. The summed E-state index contributed by atoms with van der Waals surface area (Å²) in [5.41, 5.74) is 5.62. The Kier molecular flexibility index (Phi) is 3.77. The van der Waals surface area contributed by atoms with Crippen molar-refractivity contribution in [2.75, 3.05) is 7.11 Å². The van der Waals surface area contributed by atoms with E-state index in [1.54, 1.807) is 0 Å². The Hall–Kier alpha value is -0.750. The third-order valence-electron chi connectivity index (χ3n) is 1.71. The maximum absolute atomic E-state index is 12.5. The molecule has 1 aromatic rings. The second-order valence-electron chi connectivity index (χ2n) is 2.51. The molecule has 0 saturated carbocycles. The van der Waals surface area contributed by atoms with Gasteiger partial charge in [0.15, 0.2) is 0 Å². The van der Waals surface area contributed by atoms with E-state index in [0.717, 1.165) is 6.20 Å². The van der Waals surface area contributed by atoms with Crippen LogP contribution in [0, 0.1) is 0 Å². The van der Waals surface area contributed by atoms with Gasteiger partial charge in [0.2, 0.25) is 0 Å². The van der Waals surface area contributed by atoms with E-state index in [4.69, 9.17) is 10.5 Å². The van der Waals surface area contributed by atoms with Gasteiger partial charge in [-0.2, -0.15) is 0 Å². The Morgan fingerprint density at radius 2 is 2.29 bits per heavy atom. The van der Waals surface area contributed by atoms with Gasteiger partial charge in [-0.1, -0.05) is 0 Å². The van der Waals surface area contributed by atoms with Crippen molar-refractivity contribution in [3.63, 3.8) is 0 Å². The molecule has 2 N–H and O–H groups in total. The maximum atomic E-state index is 12.5. The van der Waals surface area contributed by atoms with Crippen LogP contribution in [-0.2, 0) is 6.54 Å². The highest BCUT2D eigenvalue weighted by molar-refractivity contribution is 9.10. The summed E-state index contributed by atoms with van der Waals surface area (Å²) >= 11 is 3.12. The van der Waals surface area contributed by atoms with Crippen LogP contribution in [0.4, 0.5) is 8.78 Å². The van der Waals surface area contributed by atoms with Crippen LogP contribution in [0.25, 0.3) is 0 Å². The maximum Gasteiger partial charge on any atom is 0.268 e. The first-order valence-electron chi connectivity index (χ1n) is 3.81. The molecule has 1 aromatic heterocycles. The predicted molar refractivity (Wildman–Crippen MR) is 51.3 cm³/mol. The summed E-state index contributed by atoms with van der Waals surface area (Å²) in [6, 6.07) is 0. The van der Waals surface area contributed by atoms with Crippen LogP contribution in [-0.4, -0.2) is 12.1 Å². The molecule has 0 spiro atoms. The molecule has 0 unspecified atom stereocenters. The summed E-state index contributed by atoms with van der Waals surface area (Å²) in [5.74, 6) is 0.0930. The number of aromatic nitrogens is 1. The van der Waals surface area contributed by atoms with E-state index in [9.17, 15) is 8.78 Å². The van der Waals surface area contributed by atoms with Gasteiger partial charge in [0.1, 0.15) is 5.75 Å². The zero-order chi connectivity index (χ0) is 10.7. The Balaban J connectivity index is 3.28. The average molecular weight is 267 g/mol. The molecule has 0 bridgehead atoms. The smallest absolute Gasteiger partial charge is 0.268 e. The molecule has 0 aromatic carbocycles. The van der Waals surface area contributed by atoms with Crippen molar-refractivity contribution in [3.05, 3.63) is 21.9 Å². The molecule has 0 fully saturated rings. The number of pyridine rings is 1. The number of ether oxygens (including phenoxy) is 1. The van der Waals surface area contributed by atoms with Crippen LogP contribution in [0.5, 0.6) is 5.75 Å². The van der Waals surface area contributed by atoms with Gasteiger partial charge < -0.3 is 10.5 Å². The monoisotopic (exact) mass is 266 g/mol. The van der Waals surface area contributed by atoms with E-state index in [-0.39, 0.29) is 17.9 Å². The number of nitrogens with two attached hydrogens (primary N) is 1. The molecule has 0 amide bonds. The van der Waals surface area contributed by atoms with Gasteiger partial charge in [-0.05, 0) is 15.9 Å². The SMILES string of the molecule is COc1c(C(F)F)cnc(CN)c1Br. The van der Waals surface area contributed by atoms with Crippen LogP contribution in [0.1, 0.15) is 17.7 Å². The van der Waals surface area contributed by atoms with Crippen molar-refractivity contribution >= 4 is 15.9 Å². The molecule has 0 atom stereocenters. The molecule has 0 aliphatic rings. The molecule has 0 aliphatic carbocycles. The summed E-state index contributed by atoms with van der Waals surface area (Å²) in [4.78, 5) is 3.79. The molecule has 14 heavy (non-hydrogen) atoms. The van der Waals surface area contributed by atoms with Crippen molar-refractivity contribution < 1.29 is 13.5 Å². The largest absolute Gasteiger partial charge is 0.495 e. The van der Waals surface area contributed by atoms with Gasteiger partial charge in [0, 0.05) is 12.7 Å². The standard InChI is InChI=1S/C8H9BrF2N2O/c1-14-7-4(8(10)11)3-13-5(2-12)6(7)9/h3,8H,2,12H2,1H3. The van der Waals surface area contributed by atoms with Gasteiger partial charge in [0.05, 0.1) is 22.8 Å². The first kappa shape index (κ1) is 11.3. The molecule has 78 valence electrons. The second-order valence-corrected chi connectivity index (χ2v) is 3.31. The molecule has 1 rings (SSSR count). The lowest BCUT2D eigenvalue weighted by Gasteiger charge is -2.11. The van der Waals surface area contributed by atoms with E-state index in [2.05, 4.69) is 20.9 Å². The van der Waals surface area contributed by atoms with E-state index in [1.807, 2.05) is 0 Å². The number of rotatable bonds is 3. The van der Waals surface area contributed by atoms with Crippen molar-refractivity contribution in [3.8, 4) is 5.75 Å². The minimum Gasteiger partial charge on any atom is -0.495 e. The van der Waals surface area contributed by atoms with Crippen molar-refractivity contribution in [2.24, 2.45) is 5.73 Å².